The Morgan fingerprint density at radius 2 is 1.74 bits per heavy atom. The van der Waals surface area contributed by atoms with Gasteiger partial charge in [0.2, 0.25) is 11.8 Å². The van der Waals surface area contributed by atoms with E-state index in [0.717, 1.165) is 66.7 Å². The highest BCUT2D eigenvalue weighted by Crippen LogP contribution is 2.48. The molecule has 6 rings (SSSR count). The second-order valence-electron chi connectivity index (χ2n) is 10.2. The third kappa shape index (κ3) is 5.13. The number of alkyl halides is 4. The fourth-order valence-corrected chi connectivity index (χ4v) is 6.64. The second kappa shape index (κ2) is 10.0. The number of hydrogen-bond acceptors (Lipinski definition) is 8. The average molecular weight is 667 g/mol. The molecule has 0 saturated carbocycles. The minimum Gasteiger partial charge on any atom is -0.445 e. The second-order valence-corrected chi connectivity index (χ2v) is 12.5. The number of nitrogens with two attached hydrogens (primary N) is 1. The predicted octanol–water partition coefficient (Wildman–Crippen LogP) is 6.14. The summed E-state index contributed by atoms with van der Waals surface area (Å²) >= 11 is 2.71. The van der Waals surface area contributed by atoms with Gasteiger partial charge in [-0.15, -0.1) is 0 Å². The van der Waals surface area contributed by atoms with Gasteiger partial charge in [-0.2, -0.15) is 27.5 Å². The van der Waals surface area contributed by atoms with Gasteiger partial charge in [-0.05, 0) is 88.6 Å². The van der Waals surface area contributed by atoms with Crippen molar-refractivity contribution in [2.75, 3.05) is 36.8 Å². The van der Waals surface area contributed by atoms with E-state index in [1.807, 2.05) is 23.1 Å². The van der Waals surface area contributed by atoms with Crippen molar-refractivity contribution < 1.29 is 17.9 Å². The monoisotopic (exact) mass is 666 g/mol. The van der Waals surface area contributed by atoms with E-state index in [2.05, 4.69) is 19.7 Å². The van der Waals surface area contributed by atoms with E-state index in [4.69, 9.17) is 10.5 Å². The molecule has 7 nitrogen and oxygen atoms in total. The van der Waals surface area contributed by atoms with Gasteiger partial charge in [0.15, 0.2) is 0 Å². The van der Waals surface area contributed by atoms with Crippen LogP contribution >= 0.6 is 34.1 Å². The highest BCUT2D eigenvalue weighted by molar-refractivity contribution is 14.1. The average Bonchev–Trinajstić information content (AvgIpc) is 3.57. The van der Waals surface area contributed by atoms with Crippen molar-refractivity contribution in [1.29, 1.82) is 0 Å². The van der Waals surface area contributed by atoms with Crippen molar-refractivity contribution in [3.05, 3.63) is 60.3 Å². The van der Waals surface area contributed by atoms with Gasteiger partial charge in [-0.3, -0.25) is 0 Å². The molecule has 3 N–H and O–H groups in total. The van der Waals surface area contributed by atoms with Gasteiger partial charge in [-0.1, -0.05) is 30.3 Å². The Morgan fingerprint density at radius 3 is 2.44 bits per heavy atom. The molecule has 2 saturated heterocycles. The van der Waals surface area contributed by atoms with E-state index < -0.39 is 9.78 Å². The van der Waals surface area contributed by atoms with Gasteiger partial charge >= 0.3 is 6.18 Å². The summed E-state index contributed by atoms with van der Waals surface area (Å²) in [4.78, 5) is 10.4. The van der Waals surface area contributed by atoms with Crippen LogP contribution < -0.4 is 20.7 Å². The van der Waals surface area contributed by atoms with Gasteiger partial charge in [0.25, 0.3) is 3.61 Å². The third-order valence-corrected chi connectivity index (χ3v) is 9.97. The first-order chi connectivity index (χ1) is 18.6. The maximum atomic E-state index is 14.5. The highest BCUT2D eigenvalue weighted by Gasteiger charge is 2.57. The van der Waals surface area contributed by atoms with Crippen LogP contribution in [0.5, 0.6) is 5.88 Å². The lowest BCUT2D eigenvalue weighted by molar-refractivity contribution is -0.207. The molecule has 12 heteroatoms. The molecule has 39 heavy (non-hydrogen) atoms. The smallest absolute Gasteiger partial charge is 0.442 e. The van der Waals surface area contributed by atoms with E-state index in [0.29, 0.717) is 11.2 Å². The summed E-state index contributed by atoms with van der Waals surface area (Å²) < 4.78 is 51.8. The summed E-state index contributed by atoms with van der Waals surface area (Å²) in [6.45, 7) is 3.53. The van der Waals surface area contributed by atoms with Crippen LogP contribution in [0, 0.1) is 5.41 Å². The first-order valence-electron chi connectivity index (χ1n) is 12.6. The van der Waals surface area contributed by atoms with Crippen molar-refractivity contribution in [1.82, 2.24) is 19.7 Å². The molecular weight excluding hydrogens is 640 g/mol. The van der Waals surface area contributed by atoms with Crippen LogP contribution in [0.1, 0.15) is 24.8 Å². The van der Waals surface area contributed by atoms with Crippen LogP contribution in [0.15, 0.2) is 54.7 Å². The minimum absolute atomic E-state index is 0.0509. The largest absolute Gasteiger partial charge is 0.445 e. The molecule has 4 heterocycles. The molecule has 2 fully saturated rings. The Bertz CT molecular complexity index is 1480. The van der Waals surface area contributed by atoms with Crippen LogP contribution in [-0.4, -0.2) is 46.7 Å². The minimum atomic E-state index is -4.73. The molecule has 2 aliphatic heterocycles. The van der Waals surface area contributed by atoms with Crippen molar-refractivity contribution in [3.63, 3.8) is 0 Å². The summed E-state index contributed by atoms with van der Waals surface area (Å²) in [7, 11) is 0. The molecule has 0 unspecified atom stereocenters. The maximum Gasteiger partial charge on any atom is 0.442 e. The van der Waals surface area contributed by atoms with E-state index in [1.54, 1.807) is 18.3 Å². The number of anilines is 2. The molecule has 0 amide bonds. The summed E-state index contributed by atoms with van der Waals surface area (Å²) in [5, 5.41) is 4.43. The number of benzene rings is 2. The highest BCUT2D eigenvalue weighted by atomic mass is 127. The Morgan fingerprint density at radius 1 is 1.00 bits per heavy atom. The van der Waals surface area contributed by atoms with Crippen molar-refractivity contribution >= 4 is 56.0 Å². The quantitative estimate of drug-likeness (QED) is 0.195. The van der Waals surface area contributed by atoms with Gasteiger partial charge in [-0.25, -0.2) is 0 Å². The molecule has 0 bridgehead atoms. The summed E-state index contributed by atoms with van der Waals surface area (Å²) in [6.07, 6.45) is 0.161. The topological polar surface area (TPSA) is 89.2 Å². The lowest BCUT2D eigenvalue weighted by Crippen LogP contribution is -2.43. The summed E-state index contributed by atoms with van der Waals surface area (Å²) in [5.41, 5.74) is 7.87. The Balaban J connectivity index is 1.26. The number of rotatable bonds is 5. The fraction of sp³-hybridized carbons (Fsp3) is 0.370. The molecule has 204 valence electrons. The van der Waals surface area contributed by atoms with Crippen LogP contribution in [0.2, 0.25) is 0 Å². The van der Waals surface area contributed by atoms with Gasteiger partial charge in [0.1, 0.15) is 5.82 Å². The number of fused-ring (bicyclic) bond motifs is 1. The van der Waals surface area contributed by atoms with Crippen LogP contribution in [-0.2, 0) is 3.61 Å². The van der Waals surface area contributed by atoms with E-state index in [9.17, 15) is 13.2 Å². The lowest BCUT2D eigenvalue weighted by Gasteiger charge is -2.39. The zero-order chi connectivity index (χ0) is 27.3. The molecule has 0 radical (unpaired) electrons. The summed E-state index contributed by atoms with van der Waals surface area (Å²) in [6, 6.07) is 13.5. The molecule has 1 spiro atoms. The Kier molecular flexibility index (Phi) is 6.82. The molecule has 2 aromatic carbocycles. The third-order valence-electron chi connectivity index (χ3n) is 7.74. The maximum absolute atomic E-state index is 14.5. The number of halogens is 4. The van der Waals surface area contributed by atoms with E-state index >= 15 is 0 Å². The van der Waals surface area contributed by atoms with Gasteiger partial charge < -0.3 is 20.7 Å². The van der Waals surface area contributed by atoms with Crippen LogP contribution in [0.3, 0.4) is 0 Å². The summed E-state index contributed by atoms with van der Waals surface area (Å²) in [5.74, 6) is 0.138. The molecule has 2 aliphatic rings. The van der Waals surface area contributed by atoms with Crippen LogP contribution in [0.4, 0.5) is 24.9 Å². The molecular formula is C27H26F3IN6OS. The van der Waals surface area contributed by atoms with Crippen molar-refractivity contribution in [2.24, 2.45) is 5.41 Å². The van der Waals surface area contributed by atoms with Gasteiger partial charge in [0, 0.05) is 42.8 Å². The van der Waals surface area contributed by atoms with Crippen molar-refractivity contribution in [3.8, 4) is 17.0 Å². The molecule has 1 atom stereocenters. The molecule has 2 aromatic heterocycles. The van der Waals surface area contributed by atoms with Gasteiger partial charge in [0.05, 0.1) is 4.70 Å². The fourth-order valence-electron chi connectivity index (χ4n) is 5.43. The molecule has 4 aromatic rings. The SMILES string of the molecule is Nc1nc(O[C@@](I)(c2ccc(-c3ccc4sncc4c3)cc2)C(F)(F)F)cc(N2CCC3(CCNC3)CC2)n1. The van der Waals surface area contributed by atoms with Crippen LogP contribution in [0.25, 0.3) is 21.2 Å². The normalized spacial score (nSPS) is 18.9. The zero-order valence-corrected chi connectivity index (χ0v) is 23.8. The number of nitrogen functional groups attached to an aromatic ring is 1. The Labute approximate surface area is 241 Å². The Hall–Kier alpha value is -2.71. The standard InChI is InChI=1S/C27H26F3IN6OS/c28-27(29,30)26(31,20-4-1-17(2-5-20)18-3-6-21-19(13-18)15-34-39-21)38-23-14-22(35-24(32)36-23)37-11-8-25(9-12-37)7-10-33-16-25/h1-6,13-15,33H,7-12,16H2,(H2,32,35,36)/t26-/m0/s1. The number of ether oxygens (including phenoxy) is 1. The first-order valence-corrected chi connectivity index (χ1v) is 14.5. The number of nitrogens with zero attached hydrogens (tertiary/aromatic N) is 4. The lowest BCUT2D eigenvalue weighted by atomic mass is 9.78. The number of piperidine rings is 1. The van der Waals surface area contributed by atoms with Crippen molar-refractivity contribution in [2.45, 2.75) is 29.0 Å². The number of hydrogen-bond donors (Lipinski definition) is 2. The predicted molar refractivity (Wildman–Crippen MR) is 155 cm³/mol. The van der Waals surface area contributed by atoms with E-state index in [1.165, 1.54) is 52.3 Å². The first kappa shape index (κ1) is 26.5. The van der Waals surface area contributed by atoms with E-state index in [-0.39, 0.29) is 17.4 Å². The zero-order valence-electron chi connectivity index (χ0n) is 20.8. The number of aromatic nitrogens is 3. The molecule has 0 aliphatic carbocycles. The number of nitrogens with one attached hydrogen (secondary N) is 1.